The Balaban J connectivity index is 0.00000182. The smallest absolute Gasteiger partial charge is 0.229 e. The Hall–Kier alpha value is -2.53. The number of halogens is 1. The minimum absolute atomic E-state index is 0. The molecule has 0 radical (unpaired) electrons. The van der Waals surface area contributed by atoms with Crippen LogP contribution in [0.25, 0.3) is 10.9 Å². The van der Waals surface area contributed by atoms with E-state index >= 15 is 0 Å². The molecule has 1 aliphatic carbocycles. The number of rotatable bonds is 4. The Bertz CT molecular complexity index is 865. The van der Waals surface area contributed by atoms with E-state index in [0.29, 0.717) is 17.7 Å². The van der Waals surface area contributed by atoms with Gasteiger partial charge in [0.15, 0.2) is 0 Å². The number of para-hydroxylation sites is 3. The van der Waals surface area contributed by atoms with Gasteiger partial charge < -0.3 is 15.7 Å². The van der Waals surface area contributed by atoms with Gasteiger partial charge in [-0.2, -0.15) is 4.98 Å². The van der Waals surface area contributed by atoms with Crippen molar-refractivity contribution in [1.82, 2.24) is 9.97 Å². The highest BCUT2D eigenvalue weighted by Gasteiger charge is 2.17. The zero-order valence-corrected chi connectivity index (χ0v) is 14.6. The molecule has 0 bridgehead atoms. The molecule has 5 nitrogen and oxygen atoms in total. The third-order valence-electron chi connectivity index (χ3n) is 4.45. The number of hydrogen-bond donors (Lipinski definition) is 3. The fourth-order valence-electron chi connectivity index (χ4n) is 3.21. The van der Waals surface area contributed by atoms with Gasteiger partial charge in [-0.25, -0.2) is 4.98 Å². The molecule has 6 heteroatoms. The number of phenols is 1. The molecule has 1 aromatic heterocycles. The Morgan fingerprint density at radius 3 is 2.44 bits per heavy atom. The van der Waals surface area contributed by atoms with Gasteiger partial charge in [0.2, 0.25) is 5.95 Å². The van der Waals surface area contributed by atoms with E-state index in [2.05, 4.69) is 20.6 Å². The van der Waals surface area contributed by atoms with Gasteiger partial charge in [0.1, 0.15) is 11.6 Å². The summed E-state index contributed by atoms with van der Waals surface area (Å²) in [6, 6.07) is 15.6. The summed E-state index contributed by atoms with van der Waals surface area (Å²) in [6.45, 7) is 0. The molecule has 130 valence electrons. The second-order valence-electron chi connectivity index (χ2n) is 6.18. The third kappa shape index (κ3) is 3.77. The largest absolute Gasteiger partial charge is 0.506 e. The average Bonchev–Trinajstić information content (AvgIpc) is 3.10. The molecule has 1 saturated carbocycles. The van der Waals surface area contributed by atoms with E-state index < -0.39 is 0 Å². The highest BCUT2D eigenvalue weighted by atomic mass is 35.5. The third-order valence-corrected chi connectivity index (χ3v) is 4.45. The quantitative estimate of drug-likeness (QED) is 0.582. The highest BCUT2D eigenvalue weighted by Crippen LogP contribution is 2.29. The molecule has 0 unspecified atom stereocenters. The van der Waals surface area contributed by atoms with Crippen molar-refractivity contribution in [2.75, 3.05) is 10.6 Å². The van der Waals surface area contributed by atoms with Gasteiger partial charge in [-0.1, -0.05) is 37.1 Å². The summed E-state index contributed by atoms with van der Waals surface area (Å²) in [7, 11) is 0. The van der Waals surface area contributed by atoms with Crippen LogP contribution in [-0.2, 0) is 0 Å². The number of anilines is 3. The molecule has 0 amide bonds. The molecule has 1 fully saturated rings. The monoisotopic (exact) mass is 356 g/mol. The number of nitrogens with one attached hydrogen (secondary N) is 2. The summed E-state index contributed by atoms with van der Waals surface area (Å²) in [6.07, 6.45) is 4.90. The van der Waals surface area contributed by atoms with Gasteiger partial charge >= 0.3 is 0 Å². The molecule has 4 rings (SSSR count). The van der Waals surface area contributed by atoms with E-state index in [1.807, 2.05) is 30.3 Å². The highest BCUT2D eigenvalue weighted by molar-refractivity contribution is 5.90. The number of aromatic nitrogens is 2. The first-order valence-electron chi connectivity index (χ1n) is 8.38. The van der Waals surface area contributed by atoms with Crippen molar-refractivity contribution in [3.05, 3.63) is 48.5 Å². The van der Waals surface area contributed by atoms with E-state index in [1.165, 1.54) is 25.7 Å². The van der Waals surface area contributed by atoms with Crippen molar-refractivity contribution in [3.63, 3.8) is 0 Å². The van der Waals surface area contributed by atoms with Crippen molar-refractivity contribution >= 4 is 40.8 Å². The first-order chi connectivity index (χ1) is 11.8. The van der Waals surface area contributed by atoms with Crippen LogP contribution in [0.2, 0.25) is 0 Å². The lowest BCUT2D eigenvalue weighted by Crippen LogP contribution is -2.16. The summed E-state index contributed by atoms with van der Waals surface area (Å²) >= 11 is 0. The van der Waals surface area contributed by atoms with Gasteiger partial charge in [0, 0.05) is 11.4 Å². The molecule has 3 aromatic rings. The molecular weight excluding hydrogens is 336 g/mol. The first kappa shape index (κ1) is 17.3. The maximum Gasteiger partial charge on any atom is 0.229 e. The van der Waals surface area contributed by atoms with Gasteiger partial charge in [0.25, 0.3) is 0 Å². The number of hydrogen-bond acceptors (Lipinski definition) is 5. The van der Waals surface area contributed by atoms with Gasteiger partial charge in [-0.3, -0.25) is 0 Å². The number of phenolic OH excluding ortho intramolecular Hbond substituents is 1. The molecule has 0 atom stereocenters. The topological polar surface area (TPSA) is 70.1 Å². The fraction of sp³-hybridized carbons (Fsp3) is 0.263. The lowest BCUT2D eigenvalue weighted by molar-refractivity contribution is 0.477. The zero-order valence-electron chi connectivity index (χ0n) is 13.8. The van der Waals surface area contributed by atoms with E-state index in [4.69, 9.17) is 0 Å². The normalized spacial score (nSPS) is 14.2. The molecule has 3 N–H and O–H groups in total. The van der Waals surface area contributed by atoms with Crippen LogP contribution in [0.15, 0.2) is 48.5 Å². The van der Waals surface area contributed by atoms with E-state index in [9.17, 15) is 5.11 Å². The van der Waals surface area contributed by atoms with Crippen molar-refractivity contribution in [2.24, 2.45) is 0 Å². The summed E-state index contributed by atoms with van der Waals surface area (Å²) in [4.78, 5) is 9.23. The number of nitrogens with zero attached hydrogens (tertiary/aromatic N) is 2. The lowest BCUT2D eigenvalue weighted by atomic mass is 10.2. The minimum atomic E-state index is 0. The minimum Gasteiger partial charge on any atom is -0.506 e. The van der Waals surface area contributed by atoms with Crippen LogP contribution in [0, 0.1) is 0 Å². The van der Waals surface area contributed by atoms with Crippen LogP contribution >= 0.6 is 12.4 Å². The maximum absolute atomic E-state index is 9.95. The van der Waals surface area contributed by atoms with Crippen LogP contribution in [0.1, 0.15) is 25.7 Å². The molecule has 25 heavy (non-hydrogen) atoms. The van der Waals surface area contributed by atoms with Crippen molar-refractivity contribution < 1.29 is 5.11 Å². The Morgan fingerprint density at radius 2 is 1.64 bits per heavy atom. The maximum atomic E-state index is 9.95. The molecule has 0 saturated heterocycles. The number of aromatic hydroxyl groups is 1. The fourth-order valence-corrected chi connectivity index (χ4v) is 3.21. The van der Waals surface area contributed by atoms with E-state index in [0.717, 1.165) is 16.7 Å². The van der Waals surface area contributed by atoms with Gasteiger partial charge in [-0.15, -0.1) is 12.4 Å². The predicted octanol–water partition coefficient (Wildman–Crippen LogP) is 4.86. The van der Waals surface area contributed by atoms with Crippen LogP contribution in [0.4, 0.5) is 17.5 Å². The predicted molar refractivity (Wildman–Crippen MR) is 104 cm³/mol. The second-order valence-corrected chi connectivity index (χ2v) is 6.18. The molecular formula is C19H21ClN4O. The van der Waals surface area contributed by atoms with Gasteiger partial charge in [0.05, 0.1) is 11.2 Å². The van der Waals surface area contributed by atoms with Crippen molar-refractivity contribution in [1.29, 1.82) is 0 Å². The van der Waals surface area contributed by atoms with Crippen molar-refractivity contribution in [3.8, 4) is 5.75 Å². The Morgan fingerprint density at radius 1 is 0.920 bits per heavy atom. The van der Waals surface area contributed by atoms with Crippen LogP contribution in [0.5, 0.6) is 5.75 Å². The molecule has 1 aliphatic rings. The van der Waals surface area contributed by atoms with Crippen LogP contribution in [0.3, 0.4) is 0 Å². The molecule has 0 aliphatic heterocycles. The standard InChI is InChI=1S/C19H20N4O.ClH/c24-17-12-6-5-11-16(17)22-19-21-15-10-4-3-9-14(15)18(23-19)20-13-7-1-2-8-13;/h3-6,9-13,24H,1-2,7-8H2,(H2,20,21,22,23);1H. The van der Waals surface area contributed by atoms with Gasteiger partial charge in [-0.05, 0) is 37.1 Å². The van der Waals surface area contributed by atoms with Crippen LogP contribution < -0.4 is 10.6 Å². The summed E-state index contributed by atoms with van der Waals surface area (Å²) < 4.78 is 0. The second kappa shape index (κ2) is 7.57. The zero-order chi connectivity index (χ0) is 16.4. The summed E-state index contributed by atoms with van der Waals surface area (Å²) in [5, 5.41) is 17.7. The lowest BCUT2D eigenvalue weighted by Gasteiger charge is -2.16. The molecule has 0 spiro atoms. The number of benzene rings is 2. The number of fused-ring (bicyclic) bond motifs is 1. The Kier molecular flexibility index (Phi) is 5.24. The summed E-state index contributed by atoms with van der Waals surface area (Å²) in [5.74, 6) is 1.51. The molecule has 2 aromatic carbocycles. The van der Waals surface area contributed by atoms with E-state index in [1.54, 1.807) is 18.2 Å². The van der Waals surface area contributed by atoms with Crippen LogP contribution in [-0.4, -0.2) is 21.1 Å². The Labute approximate surface area is 152 Å². The average molecular weight is 357 g/mol. The molecule has 1 heterocycles. The summed E-state index contributed by atoms with van der Waals surface area (Å²) in [5.41, 5.74) is 1.48. The SMILES string of the molecule is Cl.Oc1ccccc1Nc1nc(NC2CCCC2)c2ccccc2n1. The van der Waals surface area contributed by atoms with E-state index in [-0.39, 0.29) is 18.2 Å². The first-order valence-corrected chi connectivity index (χ1v) is 8.38. The van der Waals surface area contributed by atoms with Crippen molar-refractivity contribution in [2.45, 2.75) is 31.7 Å².